The smallest absolute Gasteiger partial charge is 0.448 e. The maximum atomic E-state index is 13.8. The van der Waals surface area contributed by atoms with E-state index in [1.165, 1.54) is 18.7 Å². The molecule has 2 heterocycles. The van der Waals surface area contributed by atoms with E-state index >= 15 is 0 Å². The molecule has 1 fully saturated rings. The molecule has 1 aromatic carbocycles. The third-order valence-electron chi connectivity index (χ3n) is 5.11. The Morgan fingerprint density at radius 1 is 1.06 bits per heavy atom. The number of esters is 1. The molecule has 3 rings (SSSR count). The topological polar surface area (TPSA) is 89.6 Å². The highest BCUT2D eigenvalue weighted by atomic mass is 19.4. The predicted molar refractivity (Wildman–Crippen MR) is 105 cm³/mol. The first-order chi connectivity index (χ1) is 15.2. The number of hydrogen-bond donors (Lipinski definition) is 1. The summed E-state index contributed by atoms with van der Waals surface area (Å²) in [5, 5.41) is 1.73. The van der Waals surface area contributed by atoms with Gasteiger partial charge in [0.05, 0.1) is 6.61 Å². The van der Waals surface area contributed by atoms with Gasteiger partial charge in [-0.3, -0.25) is 10.2 Å². The summed E-state index contributed by atoms with van der Waals surface area (Å²) in [5.74, 6) is -0.359. The number of halogens is 3. The molecule has 1 saturated heterocycles. The van der Waals surface area contributed by atoms with E-state index in [2.05, 4.69) is 9.64 Å². The zero-order chi connectivity index (χ0) is 23.4. The van der Waals surface area contributed by atoms with Crippen LogP contribution in [0.3, 0.4) is 0 Å². The van der Waals surface area contributed by atoms with Gasteiger partial charge in [0.2, 0.25) is 6.79 Å². The fraction of sp³-hybridized carbons (Fsp3) is 0.600. The highest BCUT2D eigenvalue weighted by Crippen LogP contribution is 2.34. The molecule has 32 heavy (non-hydrogen) atoms. The Morgan fingerprint density at radius 2 is 1.75 bits per heavy atom. The number of amides is 2. The lowest BCUT2D eigenvalue weighted by atomic mass is 10.1. The summed E-state index contributed by atoms with van der Waals surface area (Å²) in [6.45, 7) is 3.91. The van der Waals surface area contributed by atoms with Crippen LogP contribution in [0.15, 0.2) is 18.2 Å². The molecule has 1 aromatic rings. The van der Waals surface area contributed by atoms with Crippen molar-refractivity contribution in [3.05, 3.63) is 23.8 Å². The standard InChI is InChI=1S/C20H26F3N3O6/c1-3-29-17(27)19(32-4-2,20(21,22)23)24-18(28)26-9-7-25(8-10-26)12-14-5-6-15-16(11-14)31-13-30-15/h5-6,11H,3-4,7-10,12-13H2,1-2H3,(H,24,28)/t19-/m0/s1. The van der Waals surface area contributed by atoms with E-state index < -0.39 is 30.5 Å². The number of urea groups is 1. The predicted octanol–water partition coefficient (Wildman–Crippen LogP) is 2.10. The summed E-state index contributed by atoms with van der Waals surface area (Å²) in [6, 6.07) is 4.56. The lowest BCUT2D eigenvalue weighted by Crippen LogP contribution is -2.68. The van der Waals surface area contributed by atoms with Crippen LogP contribution in [0.1, 0.15) is 19.4 Å². The molecule has 9 nitrogen and oxygen atoms in total. The molecule has 2 aliphatic heterocycles. The molecule has 0 bridgehead atoms. The minimum atomic E-state index is -5.20. The molecular weight excluding hydrogens is 435 g/mol. The average molecular weight is 461 g/mol. The van der Waals surface area contributed by atoms with Crippen molar-refractivity contribution < 1.29 is 41.7 Å². The third kappa shape index (κ3) is 5.01. The number of rotatable bonds is 7. The Kier molecular flexibility index (Phi) is 7.34. The van der Waals surface area contributed by atoms with Crippen molar-refractivity contribution >= 4 is 12.0 Å². The monoisotopic (exact) mass is 461 g/mol. The van der Waals surface area contributed by atoms with Crippen LogP contribution in [0.25, 0.3) is 0 Å². The van der Waals surface area contributed by atoms with Crippen LogP contribution < -0.4 is 14.8 Å². The van der Waals surface area contributed by atoms with Gasteiger partial charge in [-0.2, -0.15) is 13.2 Å². The Balaban J connectivity index is 1.61. The molecule has 0 aliphatic carbocycles. The van der Waals surface area contributed by atoms with Gasteiger partial charge in [-0.15, -0.1) is 0 Å². The van der Waals surface area contributed by atoms with Crippen molar-refractivity contribution in [2.24, 2.45) is 0 Å². The van der Waals surface area contributed by atoms with E-state index in [1.807, 2.05) is 18.2 Å². The summed E-state index contributed by atoms with van der Waals surface area (Å²) in [5.41, 5.74) is -2.57. The van der Waals surface area contributed by atoms with Gasteiger partial charge in [-0.1, -0.05) is 6.07 Å². The van der Waals surface area contributed by atoms with Crippen LogP contribution in [0.5, 0.6) is 11.5 Å². The number of benzene rings is 1. The van der Waals surface area contributed by atoms with Crippen LogP contribution in [-0.4, -0.2) is 79.9 Å². The normalized spacial score (nSPS) is 18.2. The Labute approximate surface area is 183 Å². The fourth-order valence-electron chi connectivity index (χ4n) is 3.50. The van der Waals surface area contributed by atoms with E-state index in [-0.39, 0.29) is 26.5 Å². The number of fused-ring (bicyclic) bond motifs is 1. The molecule has 1 N–H and O–H groups in total. The molecule has 0 spiro atoms. The van der Waals surface area contributed by atoms with Crippen molar-refractivity contribution in [2.45, 2.75) is 32.3 Å². The molecule has 178 valence electrons. The van der Waals surface area contributed by atoms with Gasteiger partial charge in [0.25, 0.3) is 0 Å². The third-order valence-corrected chi connectivity index (χ3v) is 5.11. The number of nitrogens with one attached hydrogen (secondary N) is 1. The molecule has 2 aliphatic rings. The SMILES string of the molecule is CCOC(=O)[C@](NC(=O)N1CCN(Cc2ccc3c(c2)OCO3)CC1)(OCC)C(F)(F)F. The molecule has 1 atom stereocenters. The molecular formula is C20H26F3N3O6. The van der Waals surface area contributed by atoms with Gasteiger partial charge < -0.3 is 23.8 Å². The largest absolute Gasteiger partial charge is 0.462 e. The second-order valence-corrected chi connectivity index (χ2v) is 7.21. The minimum Gasteiger partial charge on any atom is -0.462 e. The second kappa shape index (κ2) is 9.82. The molecule has 0 unspecified atom stereocenters. The minimum absolute atomic E-state index is 0.180. The molecule has 12 heteroatoms. The van der Waals surface area contributed by atoms with Crippen LogP contribution in [0, 0.1) is 0 Å². The van der Waals surface area contributed by atoms with Gasteiger partial charge >= 0.3 is 23.9 Å². The number of ether oxygens (including phenoxy) is 4. The fourth-order valence-corrected chi connectivity index (χ4v) is 3.50. The summed E-state index contributed by atoms with van der Waals surface area (Å²) < 4.78 is 61.2. The average Bonchev–Trinajstić information content (AvgIpc) is 3.21. The van der Waals surface area contributed by atoms with E-state index in [9.17, 15) is 22.8 Å². The molecule has 0 aromatic heterocycles. The number of piperazine rings is 1. The highest BCUT2D eigenvalue weighted by molar-refractivity contribution is 5.87. The number of hydrogen-bond acceptors (Lipinski definition) is 7. The maximum absolute atomic E-state index is 13.8. The van der Waals surface area contributed by atoms with Gasteiger partial charge in [0, 0.05) is 39.3 Å². The van der Waals surface area contributed by atoms with Gasteiger partial charge in [0.1, 0.15) is 0 Å². The van der Waals surface area contributed by atoms with Crippen LogP contribution in [-0.2, 0) is 20.8 Å². The van der Waals surface area contributed by atoms with Gasteiger partial charge in [0.15, 0.2) is 11.5 Å². The number of alkyl halides is 3. The molecule has 0 radical (unpaired) electrons. The zero-order valence-electron chi connectivity index (χ0n) is 17.9. The van der Waals surface area contributed by atoms with E-state index in [4.69, 9.17) is 14.2 Å². The van der Waals surface area contributed by atoms with Crippen molar-refractivity contribution in [3.8, 4) is 11.5 Å². The van der Waals surface area contributed by atoms with Crippen molar-refractivity contribution in [1.82, 2.24) is 15.1 Å². The van der Waals surface area contributed by atoms with Crippen molar-refractivity contribution in [2.75, 3.05) is 46.2 Å². The second-order valence-electron chi connectivity index (χ2n) is 7.21. The summed E-state index contributed by atoms with van der Waals surface area (Å²) in [4.78, 5) is 28.0. The van der Waals surface area contributed by atoms with E-state index in [0.717, 1.165) is 5.56 Å². The summed E-state index contributed by atoms with van der Waals surface area (Å²) in [6.07, 6.45) is -5.20. The Bertz CT molecular complexity index is 829. The van der Waals surface area contributed by atoms with Crippen LogP contribution in [0.4, 0.5) is 18.0 Å². The van der Waals surface area contributed by atoms with Gasteiger partial charge in [-0.05, 0) is 31.5 Å². The number of carbonyl (C=O) groups excluding carboxylic acids is 2. The lowest BCUT2D eigenvalue weighted by molar-refractivity contribution is -0.283. The van der Waals surface area contributed by atoms with Crippen LogP contribution >= 0.6 is 0 Å². The molecule has 0 saturated carbocycles. The lowest BCUT2D eigenvalue weighted by Gasteiger charge is -2.38. The first-order valence-electron chi connectivity index (χ1n) is 10.3. The van der Waals surface area contributed by atoms with E-state index in [0.29, 0.717) is 31.1 Å². The maximum Gasteiger partial charge on any atom is 0.448 e. The van der Waals surface area contributed by atoms with Crippen LogP contribution in [0.2, 0.25) is 0 Å². The summed E-state index contributed by atoms with van der Waals surface area (Å²) in [7, 11) is 0. The molecule has 2 amide bonds. The first kappa shape index (κ1) is 23.9. The Morgan fingerprint density at radius 3 is 2.38 bits per heavy atom. The number of nitrogens with zero attached hydrogens (tertiary/aromatic N) is 2. The first-order valence-corrected chi connectivity index (χ1v) is 10.3. The Hall–Kier alpha value is -2.73. The van der Waals surface area contributed by atoms with Crippen molar-refractivity contribution in [3.63, 3.8) is 0 Å². The highest BCUT2D eigenvalue weighted by Gasteiger charge is 2.65. The quantitative estimate of drug-likeness (QED) is 0.491. The number of carbonyl (C=O) groups is 2. The van der Waals surface area contributed by atoms with E-state index in [1.54, 1.807) is 5.32 Å². The van der Waals surface area contributed by atoms with Gasteiger partial charge in [-0.25, -0.2) is 9.59 Å². The zero-order valence-corrected chi connectivity index (χ0v) is 17.9. The van der Waals surface area contributed by atoms with Crippen molar-refractivity contribution in [1.29, 1.82) is 0 Å². The summed E-state index contributed by atoms with van der Waals surface area (Å²) >= 11 is 0.